The van der Waals surface area contributed by atoms with Crippen molar-refractivity contribution in [1.29, 1.82) is 0 Å². The van der Waals surface area contributed by atoms with Crippen molar-refractivity contribution in [2.45, 2.75) is 17.1 Å². The minimum Gasteiger partial charge on any atom is -0.477 e. The highest BCUT2D eigenvalue weighted by atomic mass is 32.2. The van der Waals surface area contributed by atoms with Crippen molar-refractivity contribution in [3.8, 4) is 0 Å². The Labute approximate surface area is 260 Å². The van der Waals surface area contributed by atoms with Gasteiger partial charge in [-0.05, 0) is 7.05 Å². The van der Waals surface area contributed by atoms with E-state index in [1.54, 1.807) is 0 Å². The lowest BCUT2D eigenvalue weighted by Crippen LogP contribution is -2.82. The molecule has 0 bridgehead atoms. The smallest absolute Gasteiger partial charge is 0.477 e. The van der Waals surface area contributed by atoms with E-state index in [2.05, 4.69) is 25.7 Å². The van der Waals surface area contributed by atoms with Crippen LogP contribution in [0, 0.1) is 0 Å². The number of carboxylic acid groups (broad SMARTS) is 2. The molecule has 3 aliphatic rings. The van der Waals surface area contributed by atoms with Crippen molar-refractivity contribution < 1.29 is 61.7 Å². The summed E-state index contributed by atoms with van der Waals surface area (Å²) in [7, 11) is 3.19. The van der Waals surface area contributed by atoms with Gasteiger partial charge in [0.05, 0.1) is 5.70 Å². The van der Waals surface area contributed by atoms with Crippen LogP contribution in [0.1, 0.15) is 5.69 Å². The van der Waals surface area contributed by atoms with Gasteiger partial charge in [-0.3, -0.25) is 24.1 Å². The number of alkyl halides is 3. The number of hydrogen-bond donors (Lipinski definition) is 4. The summed E-state index contributed by atoms with van der Waals surface area (Å²) >= 11 is 2.29. The van der Waals surface area contributed by atoms with E-state index in [1.807, 2.05) is 11.9 Å². The maximum absolute atomic E-state index is 13.6. The summed E-state index contributed by atoms with van der Waals surface area (Å²) in [6.45, 7) is 2.32. The van der Waals surface area contributed by atoms with Crippen molar-refractivity contribution in [3.63, 3.8) is 0 Å². The van der Waals surface area contributed by atoms with Gasteiger partial charge in [0.1, 0.15) is 24.8 Å². The molecule has 2 saturated heterocycles. The standard InChI is InChI=1S/C21H25N7O8S2.C2HF3O2/c1-26-3-5-27(6-4-26)13-8-37-19-21(9-36-11-30,18(34)28(19)15(13)17(32)33)24-16(31)14(25-35-2)12-7-38-20(23-12)22-10-29;3-2(4,5)1(6)7/h7,10-11,19H,3-6,8-9H2,1-2H3,(H,24,31)(H,32,33)(H,22,23,29);(H,6,7)/t19-,21?;/m0./s1. The highest BCUT2D eigenvalue weighted by molar-refractivity contribution is 8.00. The number of aromatic nitrogens is 1. The van der Waals surface area contributed by atoms with Crippen molar-refractivity contribution in [3.05, 3.63) is 22.5 Å². The summed E-state index contributed by atoms with van der Waals surface area (Å²) < 4.78 is 36.7. The molecule has 0 radical (unpaired) electrons. The fourth-order valence-electron chi connectivity index (χ4n) is 4.43. The van der Waals surface area contributed by atoms with Gasteiger partial charge in [0, 0.05) is 37.3 Å². The van der Waals surface area contributed by atoms with Gasteiger partial charge >= 0.3 is 18.1 Å². The first-order chi connectivity index (χ1) is 21.2. The van der Waals surface area contributed by atoms with Gasteiger partial charge in [-0.15, -0.1) is 23.1 Å². The molecule has 1 unspecified atom stereocenters. The number of thiazole rings is 1. The molecule has 4 rings (SSSR count). The second kappa shape index (κ2) is 14.6. The average molecular weight is 682 g/mol. The molecule has 17 nitrogen and oxygen atoms in total. The fourth-order valence-corrected chi connectivity index (χ4v) is 6.59. The Morgan fingerprint density at radius 2 is 1.87 bits per heavy atom. The number of piperazine rings is 1. The zero-order valence-corrected chi connectivity index (χ0v) is 25.0. The van der Waals surface area contributed by atoms with Crippen molar-refractivity contribution in [2.24, 2.45) is 5.16 Å². The number of carbonyl (C=O) groups is 6. The molecule has 3 amide bonds. The van der Waals surface area contributed by atoms with Gasteiger partial charge in [-0.1, -0.05) is 5.16 Å². The fraction of sp³-hybridized carbons (Fsp3) is 0.478. The molecule has 22 heteroatoms. The summed E-state index contributed by atoms with van der Waals surface area (Å²) in [4.78, 5) is 84.0. The zero-order chi connectivity index (χ0) is 33.5. The Morgan fingerprint density at radius 1 is 1.22 bits per heavy atom. The van der Waals surface area contributed by atoms with Gasteiger partial charge in [0.15, 0.2) is 22.1 Å². The first-order valence-corrected chi connectivity index (χ1v) is 14.4. The van der Waals surface area contributed by atoms with E-state index in [0.717, 1.165) is 29.3 Å². The van der Waals surface area contributed by atoms with Crippen molar-refractivity contribution in [2.75, 3.05) is 58.0 Å². The Bertz CT molecular complexity index is 1400. The normalized spacial score (nSPS) is 21.8. The first kappa shape index (κ1) is 35.0. The van der Waals surface area contributed by atoms with Crippen LogP contribution in [0.25, 0.3) is 0 Å². The van der Waals surface area contributed by atoms with E-state index in [-0.39, 0.29) is 34.5 Å². The molecule has 2 atom stereocenters. The average Bonchev–Trinajstić information content (AvgIpc) is 3.45. The SMILES string of the molecule is CON=C(C(=O)NC1(COC=O)C(=O)N2C(C(=O)O)=C(N3CCN(C)CC3)CS[C@H]21)c1csc(NC=O)n1.O=C(O)C(F)(F)F. The van der Waals surface area contributed by atoms with Gasteiger partial charge in [0.2, 0.25) is 6.41 Å². The van der Waals surface area contributed by atoms with Crippen LogP contribution in [0.4, 0.5) is 18.3 Å². The maximum Gasteiger partial charge on any atom is 0.490 e. The Morgan fingerprint density at radius 3 is 2.40 bits per heavy atom. The van der Waals surface area contributed by atoms with Crippen molar-refractivity contribution in [1.82, 2.24) is 25.0 Å². The molecule has 45 heavy (non-hydrogen) atoms. The number of hydrogen-bond acceptors (Lipinski definition) is 14. The third-order valence-corrected chi connectivity index (χ3v) is 8.66. The minimum atomic E-state index is -5.08. The molecule has 0 aromatic carbocycles. The number of ether oxygens (including phenoxy) is 1. The van der Waals surface area contributed by atoms with Crippen LogP contribution in [-0.4, -0.2) is 142 Å². The molecule has 4 heterocycles. The lowest BCUT2D eigenvalue weighted by atomic mass is 9.86. The number of fused-ring (bicyclic) bond motifs is 1. The number of anilines is 1. The predicted octanol–water partition coefficient (Wildman–Crippen LogP) is -0.818. The Hall–Kier alpha value is -4.44. The van der Waals surface area contributed by atoms with E-state index in [0.29, 0.717) is 25.2 Å². The lowest BCUT2D eigenvalue weighted by Gasteiger charge is -2.57. The van der Waals surface area contributed by atoms with Crippen LogP contribution in [0.15, 0.2) is 21.9 Å². The number of carboxylic acids is 2. The monoisotopic (exact) mass is 681 g/mol. The molecule has 2 fully saturated rings. The van der Waals surface area contributed by atoms with Crippen LogP contribution in [0.2, 0.25) is 0 Å². The molecule has 246 valence electrons. The van der Waals surface area contributed by atoms with E-state index >= 15 is 0 Å². The number of amides is 3. The highest BCUT2D eigenvalue weighted by Crippen LogP contribution is 2.47. The zero-order valence-electron chi connectivity index (χ0n) is 23.4. The molecule has 4 N–H and O–H groups in total. The number of nitrogens with one attached hydrogen (secondary N) is 2. The van der Waals surface area contributed by atoms with Gasteiger partial charge in [-0.2, -0.15) is 13.2 Å². The van der Waals surface area contributed by atoms with Crippen LogP contribution in [0.5, 0.6) is 0 Å². The molecule has 0 aliphatic carbocycles. The molecular formula is C23H26F3N7O10S2. The third-order valence-electron chi connectivity index (χ3n) is 6.52. The van der Waals surface area contributed by atoms with E-state index in [4.69, 9.17) is 19.5 Å². The Balaban J connectivity index is 0.000000707. The largest absolute Gasteiger partial charge is 0.490 e. The first-order valence-electron chi connectivity index (χ1n) is 12.5. The number of likely N-dealkylation sites (N-methyl/N-ethyl adjacent to an activating group) is 1. The van der Waals surface area contributed by atoms with Gasteiger partial charge in [-0.25, -0.2) is 14.6 Å². The summed E-state index contributed by atoms with van der Waals surface area (Å²) in [6, 6.07) is 0. The number of aliphatic carboxylic acids is 2. The van der Waals surface area contributed by atoms with Crippen LogP contribution in [-0.2, 0) is 38.3 Å². The number of carbonyl (C=O) groups excluding carboxylic acids is 4. The number of halogens is 3. The van der Waals surface area contributed by atoms with Crippen LogP contribution >= 0.6 is 23.1 Å². The van der Waals surface area contributed by atoms with E-state index in [9.17, 15) is 42.3 Å². The summed E-state index contributed by atoms with van der Waals surface area (Å²) in [5.41, 5.74) is -1.63. The van der Waals surface area contributed by atoms with Gasteiger partial charge in [0.25, 0.3) is 18.3 Å². The second-order valence-corrected chi connectivity index (χ2v) is 11.2. The summed E-state index contributed by atoms with van der Waals surface area (Å²) in [5.74, 6) is -5.37. The number of oxime groups is 1. The summed E-state index contributed by atoms with van der Waals surface area (Å²) in [6.07, 6.45) is -4.66. The molecular weight excluding hydrogens is 655 g/mol. The number of rotatable bonds is 11. The maximum atomic E-state index is 13.6. The van der Waals surface area contributed by atoms with Crippen LogP contribution in [0.3, 0.4) is 0 Å². The quantitative estimate of drug-likeness (QED) is 0.0971. The molecule has 0 spiro atoms. The topological polar surface area (TPSA) is 220 Å². The number of nitrogens with zero attached hydrogens (tertiary/aromatic N) is 5. The molecule has 1 aromatic rings. The minimum absolute atomic E-state index is 0.0635. The number of β-lactam (4-membered cyclic amide) rings is 1. The lowest BCUT2D eigenvalue weighted by molar-refractivity contribution is -0.192. The van der Waals surface area contributed by atoms with Crippen LogP contribution < -0.4 is 10.6 Å². The Kier molecular flexibility index (Phi) is 11.3. The second-order valence-electron chi connectivity index (χ2n) is 9.29. The van der Waals surface area contributed by atoms with E-state index in [1.165, 1.54) is 24.3 Å². The molecule has 3 aliphatic heterocycles. The highest BCUT2D eigenvalue weighted by Gasteiger charge is 2.66. The molecule has 0 saturated carbocycles. The van der Waals surface area contributed by atoms with Crippen molar-refractivity contribution >= 4 is 70.6 Å². The third kappa shape index (κ3) is 7.62. The summed E-state index contributed by atoms with van der Waals surface area (Å²) in [5, 5.41) is 26.7. The predicted molar refractivity (Wildman–Crippen MR) is 149 cm³/mol. The van der Waals surface area contributed by atoms with E-state index < -0.39 is 47.4 Å². The van der Waals surface area contributed by atoms with Gasteiger partial charge < -0.3 is 40.2 Å². The molecule has 1 aromatic heterocycles. The number of thioether (sulfide) groups is 1.